The molecule has 0 saturated heterocycles. The third kappa shape index (κ3) is 9.26. The molecule has 270 valence electrons. The number of nitrogens with one attached hydrogen (secondary N) is 1. The van der Waals surface area contributed by atoms with Crippen LogP contribution in [0.3, 0.4) is 0 Å². The first-order chi connectivity index (χ1) is 24.0. The molecule has 0 heterocycles. The van der Waals surface area contributed by atoms with Gasteiger partial charge in [0.25, 0.3) is 25.9 Å². The van der Waals surface area contributed by atoms with Gasteiger partial charge in [-0.3, -0.25) is 24.0 Å². The van der Waals surface area contributed by atoms with E-state index in [0.29, 0.717) is 0 Å². The summed E-state index contributed by atoms with van der Waals surface area (Å²) in [4.78, 5) is 19.5. The normalized spacial score (nSPS) is 12.3. The van der Waals surface area contributed by atoms with Crippen LogP contribution in [0, 0.1) is 10.1 Å². The third-order valence-corrected chi connectivity index (χ3v) is 9.08. The average molecular weight is 791 g/mol. The number of nitrogens with zero attached hydrogens (tertiary/aromatic N) is 5. The van der Waals surface area contributed by atoms with Crippen molar-refractivity contribution in [2.24, 2.45) is 20.5 Å². The zero-order chi connectivity index (χ0) is 37.7. The summed E-state index contributed by atoms with van der Waals surface area (Å²) in [5, 5.41) is 74.2. The number of fused-ring (bicyclic) bond motifs is 1. The van der Waals surface area contributed by atoms with E-state index in [1.165, 1.54) is 0 Å². The molecule has 0 atom stereocenters. The molecule has 0 aromatic heterocycles. The van der Waals surface area contributed by atoms with Gasteiger partial charge >= 0.3 is 0 Å². The number of anilines is 1. The largest absolute Gasteiger partial charge is 0.505 e. The molecule has 7 N–H and O–H groups in total. The van der Waals surface area contributed by atoms with Gasteiger partial charge in [0.15, 0.2) is 11.5 Å². The number of hydrogen-bond donors (Lipinski definition) is 7. The van der Waals surface area contributed by atoms with Gasteiger partial charge < -0.3 is 15.5 Å². The predicted molar refractivity (Wildman–Crippen MR) is 170 cm³/mol. The maximum absolute atomic E-state index is 12.4. The summed E-state index contributed by atoms with van der Waals surface area (Å²) in [6.07, 6.45) is 0. The minimum atomic E-state index is -5.23. The van der Waals surface area contributed by atoms with Crippen LogP contribution in [-0.4, -0.2) is 57.5 Å². The van der Waals surface area contributed by atoms with Crippen molar-refractivity contribution < 1.29 is 75.1 Å². The van der Waals surface area contributed by atoms with E-state index in [1.54, 1.807) is 0 Å². The highest BCUT2D eigenvalue weighted by atomic mass is 32.2. The summed E-state index contributed by atoms with van der Waals surface area (Å²) in [6, 6.07) is 7.67. The molecule has 0 bridgehead atoms. The first-order valence-corrected chi connectivity index (χ1v) is 17.2. The quantitative estimate of drug-likeness (QED) is 0.0184. The molecular formula is C24H18N6O17S4. The number of benzene rings is 4. The van der Waals surface area contributed by atoms with E-state index in [4.69, 9.17) is 10.5 Å². The van der Waals surface area contributed by atoms with E-state index < -0.39 is 74.8 Å². The topological polar surface area (TPSA) is 348 Å². The molecule has 0 fully saturated rings. The van der Waals surface area contributed by atoms with Gasteiger partial charge in [-0.1, -0.05) is 10.1 Å². The highest BCUT2D eigenvalue weighted by Crippen LogP contribution is 2.51. The van der Waals surface area contributed by atoms with E-state index in [2.05, 4.69) is 44.5 Å². The molecule has 1 amide bonds. The molecule has 4 rings (SSSR count). The van der Waals surface area contributed by atoms with Crippen molar-refractivity contribution in [2.45, 2.75) is 26.5 Å². The summed E-state index contributed by atoms with van der Waals surface area (Å²) in [5.41, 5.74) is -2.89. The standard InChI is InChI=1S/C24H18N6O17S4/c1-10(31)25-15-4-2-12(8-18(15)50(38,39)40)26-28-21-17(49-47-45-37)6-11-7-19(51(41,42)43)22(24(33)20(11)23(21)32)29-27-14-5-3-13(30(34)35)9-16(14)48-46-44-36/h2-9,32-33,36-37H,1H3,(H,25,31)(H,38,39,40)(H,41,42,43). The van der Waals surface area contributed by atoms with Gasteiger partial charge in [-0.05, 0) is 41.8 Å². The second-order valence-electron chi connectivity index (χ2n) is 9.31. The van der Waals surface area contributed by atoms with Gasteiger partial charge in [0.05, 0.1) is 55.6 Å². The van der Waals surface area contributed by atoms with Crippen molar-refractivity contribution in [3.63, 3.8) is 0 Å². The number of carbonyl (C=O) groups excluding carboxylic acids is 1. The molecule has 4 aromatic carbocycles. The Morgan fingerprint density at radius 1 is 0.804 bits per heavy atom. The van der Waals surface area contributed by atoms with Crippen molar-refractivity contribution in [3.05, 3.63) is 58.6 Å². The number of phenolic OH excluding ortho intramolecular Hbond substituents is 2. The number of aromatic hydroxyl groups is 2. The fourth-order valence-corrected chi connectivity index (χ4v) is 6.36. The van der Waals surface area contributed by atoms with Crippen molar-refractivity contribution in [1.29, 1.82) is 0 Å². The summed E-state index contributed by atoms with van der Waals surface area (Å²) in [7, 11) is -10.1. The first-order valence-electron chi connectivity index (χ1n) is 12.8. The van der Waals surface area contributed by atoms with Gasteiger partial charge in [-0.2, -0.15) is 21.9 Å². The van der Waals surface area contributed by atoms with E-state index >= 15 is 0 Å². The molecule has 51 heavy (non-hydrogen) atoms. The van der Waals surface area contributed by atoms with Gasteiger partial charge in [-0.25, -0.2) is 10.5 Å². The van der Waals surface area contributed by atoms with Crippen LogP contribution >= 0.6 is 24.1 Å². The fraction of sp³-hybridized carbons (Fsp3) is 0.0417. The zero-order valence-electron chi connectivity index (χ0n) is 24.7. The Balaban J connectivity index is 1.94. The maximum atomic E-state index is 12.4. The summed E-state index contributed by atoms with van der Waals surface area (Å²) in [6.45, 7) is 1.08. The molecular weight excluding hydrogens is 773 g/mol. The molecule has 27 heteroatoms. The van der Waals surface area contributed by atoms with Gasteiger partial charge in [0.2, 0.25) is 5.91 Å². The zero-order valence-corrected chi connectivity index (χ0v) is 27.9. The number of nitro benzene ring substituents is 1. The number of azo groups is 2. The van der Waals surface area contributed by atoms with Crippen LogP contribution in [0.15, 0.2) is 88.6 Å². The Labute approximate surface area is 291 Å². The molecule has 4 aromatic rings. The average Bonchev–Trinajstić information content (AvgIpc) is 3.04. The first kappa shape index (κ1) is 38.9. The van der Waals surface area contributed by atoms with E-state index in [1.807, 2.05) is 0 Å². The number of carbonyl (C=O) groups is 1. The lowest BCUT2D eigenvalue weighted by Crippen LogP contribution is -2.10. The highest BCUT2D eigenvalue weighted by molar-refractivity contribution is 7.95. The Morgan fingerprint density at radius 2 is 1.41 bits per heavy atom. The van der Waals surface area contributed by atoms with Gasteiger partial charge in [-0.15, -0.1) is 24.0 Å². The predicted octanol–water partition coefficient (Wildman–Crippen LogP) is 6.30. The molecule has 23 nitrogen and oxygen atoms in total. The van der Waals surface area contributed by atoms with Crippen LogP contribution in [0.25, 0.3) is 10.8 Å². The lowest BCUT2D eigenvalue weighted by Gasteiger charge is -2.13. The Kier molecular flexibility index (Phi) is 12.2. The van der Waals surface area contributed by atoms with E-state index in [0.717, 1.165) is 55.5 Å². The van der Waals surface area contributed by atoms with Crippen LogP contribution < -0.4 is 5.32 Å². The lowest BCUT2D eigenvalue weighted by molar-refractivity contribution is -0.432. The van der Waals surface area contributed by atoms with E-state index in [-0.39, 0.29) is 56.3 Å². The fourth-order valence-electron chi connectivity index (χ4n) is 4.08. The molecule has 0 aliphatic carbocycles. The van der Waals surface area contributed by atoms with Crippen LogP contribution in [-0.2, 0) is 43.8 Å². The monoisotopic (exact) mass is 790 g/mol. The van der Waals surface area contributed by atoms with Crippen LogP contribution in [0.5, 0.6) is 11.5 Å². The SMILES string of the molecule is CC(=O)Nc1ccc(N=Nc2c(SOOO)cc3cc(S(=O)(=O)O)c(N=Nc4ccc([N+](=O)[O-])cc4SOOO)c(O)c3c2O)cc1S(=O)(=O)O. The number of phenols is 2. The summed E-state index contributed by atoms with van der Waals surface area (Å²) in [5.74, 6) is -2.77. The van der Waals surface area contributed by atoms with Crippen molar-refractivity contribution in [1.82, 2.24) is 0 Å². The number of nitro groups is 1. The maximum Gasteiger partial charge on any atom is 0.296 e. The minimum Gasteiger partial charge on any atom is -0.505 e. The van der Waals surface area contributed by atoms with Gasteiger partial charge in [0, 0.05) is 19.1 Å². The number of rotatable bonds is 14. The molecule has 0 unspecified atom stereocenters. The van der Waals surface area contributed by atoms with Crippen molar-refractivity contribution in [2.75, 3.05) is 5.32 Å². The number of non-ortho nitro benzene ring substituents is 1. The van der Waals surface area contributed by atoms with Crippen LogP contribution in [0.4, 0.5) is 34.1 Å². The second kappa shape index (κ2) is 16.0. The molecule has 0 spiro atoms. The second-order valence-corrected chi connectivity index (χ2v) is 13.6. The summed E-state index contributed by atoms with van der Waals surface area (Å²) >= 11 is 0.395. The van der Waals surface area contributed by atoms with E-state index in [9.17, 15) is 51.1 Å². The highest BCUT2D eigenvalue weighted by Gasteiger charge is 2.27. The van der Waals surface area contributed by atoms with Crippen LogP contribution in [0.1, 0.15) is 6.92 Å². The van der Waals surface area contributed by atoms with Crippen LogP contribution in [0.2, 0.25) is 0 Å². The molecule has 0 aliphatic rings. The Hall–Kier alpha value is -4.91. The summed E-state index contributed by atoms with van der Waals surface area (Å²) < 4.78 is 76.9. The Morgan fingerprint density at radius 3 is 2.00 bits per heavy atom. The van der Waals surface area contributed by atoms with Crippen molar-refractivity contribution in [3.8, 4) is 11.5 Å². The third-order valence-electron chi connectivity index (χ3n) is 6.07. The van der Waals surface area contributed by atoms with Gasteiger partial charge in [0.1, 0.15) is 26.9 Å². The lowest BCUT2D eigenvalue weighted by atomic mass is 10.1. The number of amides is 1. The Bertz CT molecular complexity index is 2320. The minimum absolute atomic E-state index is 0.175. The molecule has 0 radical (unpaired) electrons. The molecule has 0 aliphatic heterocycles. The number of hydrogen-bond acceptors (Lipinski definition) is 21. The van der Waals surface area contributed by atoms with Crippen molar-refractivity contribution >= 4 is 95.1 Å². The smallest absolute Gasteiger partial charge is 0.296 e. The molecule has 0 saturated carbocycles.